The first kappa shape index (κ1) is 23.3. The van der Waals surface area contributed by atoms with Crippen LogP contribution in [0.1, 0.15) is 34.6 Å². The van der Waals surface area contributed by atoms with Gasteiger partial charge in [-0.25, -0.2) is 0 Å². The van der Waals surface area contributed by atoms with Crippen LogP contribution in [-0.2, 0) is 9.59 Å². The number of benzene rings is 2. The van der Waals surface area contributed by atoms with Crippen molar-refractivity contribution in [1.82, 2.24) is 10.6 Å². The molecule has 8 nitrogen and oxygen atoms in total. The van der Waals surface area contributed by atoms with Crippen LogP contribution in [-0.4, -0.2) is 46.0 Å². The Kier molecular flexibility index (Phi) is 8.31. The highest BCUT2D eigenvalue weighted by molar-refractivity contribution is 8.76. The smallest absolute Gasteiger partial charge is 0.325 e. The topological polar surface area (TPSA) is 133 Å². The van der Waals surface area contributed by atoms with Crippen LogP contribution in [0.25, 0.3) is 0 Å². The molecule has 0 heterocycles. The Morgan fingerprint density at radius 1 is 0.700 bits per heavy atom. The number of carboxylic acids is 2. The van der Waals surface area contributed by atoms with Gasteiger partial charge in [-0.15, -0.1) is 0 Å². The molecule has 158 valence electrons. The molecule has 0 bridgehead atoms. The molecule has 2 rings (SSSR count). The van der Waals surface area contributed by atoms with Gasteiger partial charge in [-0.2, -0.15) is 0 Å². The van der Waals surface area contributed by atoms with Crippen molar-refractivity contribution in [2.75, 3.05) is 0 Å². The van der Waals surface area contributed by atoms with Gasteiger partial charge >= 0.3 is 11.9 Å². The zero-order valence-electron chi connectivity index (χ0n) is 16.1. The molecule has 0 aromatic heterocycles. The number of amides is 2. The molecule has 2 unspecified atom stereocenters. The maximum absolute atomic E-state index is 12.4. The Morgan fingerprint density at radius 2 is 1.03 bits per heavy atom. The molecule has 2 aromatic rings. The molecule has 0 aliphatic carbocycles. The summed E-state index contributed by atoms with van der Waals surface area (Å²) in [5.74, 6) is -3.32. The highest BCUT2D eigenvalue weighted by Crippen LogP contribution is 2.40. The van der Waals surface area contributed by atoms with E-state index >= 15 is 0 Å². The van der Waals surface area contributed by atoms with Gasteiger partial charge < -0.3 is 20.8 Å². The Morgan fingerprint density at radius 3 is 1.37 bits per heavy atom. The molecule has 0 aliphatic rings. The van der Waals surface area contributed by atoms with Crippen molar-refractivity contribution in [3.05, 3.63) is 59.7 Å². The van der Waals surface area contributed by atoms with E-state index in [0.717, 1.165) is 0 Å². The van der Waals surface area contributed by atoms with Crippen molar-refractivity contribution in [1.29, 1.82) is 0 Å². The summed E-state index contributed by atoms with van der Waals surface area (Å²) in [6, 6.07) is 11.3. The van der Waals surface area contributed by atoms with E-state index in [2.05, 4.69) is 10.6 Å². The van der Waals surface area contributed by atoms with E-state index in [4.69, 9.17) is 10.2 Å². The van der Waals surface area contributed by atoms with Crippen LogP contribution in [0.4, 0.5) is 0 Å². The van der Waals surface area contributed by atoms with E-state index in [0.29, 0.717) is 20.9 Å². The van der Waals surface area contributed by atoms with E-state index in [1.807, 2.05) is 0 Å². The molecule has 0 saturated carbocycles. The normalized spacial score (nSPS) is 12.5. The number of aliphatic carboxylic acids is 2. The van der Waals surface area contributed by atoms with Crippen LogP contribution in [0.2, 0.25) is 0 Å². The third kappa shape index (κ3) is 6.26. The lowest BCUT2D eigenvalue weighted by atomic mass is 10.2. The van der Waals surface area contributed by atoms with Gasteiger partial charge in [0.15, 0.2) is 0 Å². The number of carbonyl (C=O) groups is 4. The molecule has 10 heteroatoms. The summed E-state index contributed by atoms with van der Waals surface area (Å²) in [5.41, 5.74) is 0.620. The van der Waals surface area contributed by atoms with Crippen LogP contribution in [0.5, 0.6) is 0 Å². The lowest BCUT2D eigenvalue weighted by Gasteiger charge is -2.14. The Labute approximate surface area is 180 Å². The average molecular weight is 449 g/mol. The molecule has 0 fully saturated rings. The van der Waals surface area contributed by atoms with E-state index < -0.39 is 35.8 Å². The zero-order valence-corrected chi connectivity index (χ0v) is 17.8. The lowest BCUT2D eigenvalue weighted by molar-refractivity contribution is -0.139. The van der Waals surface area contributed by atoms with E-state index in [1.54, 1.807) is 48.5 Å². The third-order valence-corrected chi connectivity index (χ3v) is 6.40. The quantitative estimate of drug-likeness (QED) is 0.431. The van der Waals surface area contributed by atoms with Gasteiger partial charge in [-0.1, -0.05) is 45.9 Å². The number of nitrogens with one attached hydrogen (secondary N) is 2. The molecule has 0 aliphatic heterocycles. The van der Waals surface area contributed by atoms with Crippen molar-refractivity contribution in [2.24, 2.45) is 0 Å². The number of hydrogen-bond acceptors (Lipinski definition) is 6. The SMILES string of the molecule is CC(NC(=O)c1ccccc1SSc1ccccc1C(=O)NC(C)C(=O)O)C(=O)O. The van der Waals surface area contributed by atoms with Gasteiger partial charge in [-0.3, -0.25) is 19.2 Å². The first-order valence-corrected chi connectivity index (χ1v) is 11.0. The molecule has 2 aromatic carbocycles. The second-order valence-electron chi connectivity index (χ2n) is 6.23. The summed E-state index contributed by atoms with van der Waals surface area (Å²) in [7, 11) is 2.47. The summed E-state index contributed by atoms with van der Waals surface area (Å²) in [6.45, 7) is 2.75. The zero-order chi connectivity index (χ0) is 22.3. The average Bonchev–Trinajstić information content (AvgIpc) is 2.72. The predicted octanol–water partition coefficient (Wildman–Crippen LogP) is 2.89. The van der Waals surface area contributed by atoms with Gasteiger partial charge in [0.25, 0.3) is 11.8 Å². The summed E-state index contributed by atoms with van der Waals surface area (Å²) in [6.07, 6.45) is 0. The van der Waals surface area contributed by atoms with Crippen LogP contribution in [0, 0.1) is 0 Å². The summed E-state index contributed by atoms with van der Waals surface area (Å²) < 4.78 is 0. The van der Waals surface area contributed by atoms with Crippen LogP contribution in [0.3, 0.4) is 0 Å². The van der Waals surface area contributed by atoms with E-state index in [9.17, 15) is 19.2 Å². The molecule has 4 N–H and O–H groups in total. The highest BCUT2D eigenvalue weighted by atomic mass is 33.1. The summed E-state index contributed by atoms with van der Waals surface area (Å²) >= 11 is 0. The number of rotatable bonds is 9. The van der Waals surface area contributed by atoms with Gasteiger partial charge in [0, 0.05) is 9.79 Å². The highest BCUT2D eigenvalue weighted by Gasteiger charge is 2.20. The van der Waals surface area contributed by atoms with Crippen LogP contribution in [0.15, 0.2) is 58.3 Å². The fraction of sp³-hybridized carbons (Fsp3) is 0.200. The largest absolute Gasteiger partial charge is 0.480 e. The molecule has 0 spiro atoms. The number of carboxylic acid groups (broad SMARTS) is 2. The second-order valence-corrected chi connectivity index (χ2v) is 8.44. The maximum atomic E-state index is 12.4. The minimum atomic E-state index is -1.14. The van der Waals surface area contributed by atoms with Crippen molar-refractivity contribution >= 4 is 45.3 Å². The summed E-state index contributed by atoms with van der Waals surface area (Å²) in [4.78, 5) is 48.0. The van der Waals surface area contributed by atoms with Crippen molar-refractivity contribution in [3.8, 4) is 0 Å². The third-order valence-electron chi connectivity index (χ3n) is 3.92. The Hall–Kier alpha value is -2.98. The Bertz CT molecular complexity index is 888. The van der Waals surface area contributed by atoms with Gasteiger partial charge in [0.1, 0.15) is 12.1 Å². The number of carbonyl (C=O) groups excluding carboxylic acids is 2. The Balaban J connectivity index is 2.17. The van der Waals surface area contributed by atoms with Gasteiger partial charge in [0.05, 0.1) is 11.1 Å². The van der Waals surface area contributed by atoms with E-state index in [-0.39, 0.29) is 0 Å². The molecular formula is C20H20N2O6S2. The molecule has 0 radical (unpaired) electrons. The first-order chi connectivity index (χ1) is 14.2. The van der Waals surface area contributed by atoms with Gasteiger partial charge in [-0.05, 0) is 38.1 Å². The first-order valence-electron chi connectivity index (χ1n) is 8.80. The molecular weight excluding hydrogens is 428 g/mol. The maximum Gasteiger partial charge on any atom is 0.325 e. The molecule has 30 heavy (non-hydrogen) atoms. The molecule has 2 amide bonds. The van der Waals surface area contributed by atoms with Gasteiger partial charge in [0.2, 0.25) is 0 Å². The molecule has 0 saturated heterocycles. The predicted molar refractivity (Wildman–Crippen MR) is 114 cm³/mol. The van der Waals surface area contributed by atoms with E-state index in [1.165, 1.54) is 35.4 Å². The van der Waals surface area contributed by atoms with Crippen LogP contribution < -0.4 is 10.6 Å². The fourth-order valence-electron chi connectivity index (χ4n) is 2.22. The van der Waals surface area contributed by atoms with Crippen LogP contribution >= 0.6 is 21.6 Å². The summed E-state index contributed by atoms with van der Waals surface area (Å²) in [5, 5.41) is 22.8. The second kappa shape index (κ2) is 10.7. The standard InChI is InChI=1S/C20H20N2O6S2/c1-11(19(25)26)21-17(23)13-7-3-5-9-15(13)29-30-16-10-6-4-8-14(16)18(24)22-12(2)20(27)28/h3-12H,1-2H3,(H,21,23)(H,22,24)(H,25,26)(H,27,28). The van der Waals surface area contributed by atoms with Crippen molar-refractivity contribution < 1.29 is 29.4 Å². The lowest BCUT2D eigenvalue weighted by Crippen LogP contribution is -2.38. The molecule has 2 atom stereocenters. The van der Waals surface area contributed by atoms with Crippen molar-refractivity contribution in [3.63, 3.8) is 0 Å². The minimum absolute atomic E-state index is 0.310. The number of hydrogen-bond donors (Lipinski definition) is 4. The monoisotopic (exact) mass is 448 g/mol. The minimum Gasteiger partial charge on any atom is -0.480 e. The fourth-order valence-corrected chi connectivity index (χ4v) is 4.58. The van der Waals surface area contributed by atoms with Crippen molar-refractivity contribution in [2.45, 2.75) is 35.7 Å².